The highest BCUT2D eigenvalue weighted by molar-refractivity contribution is 7.90. The number of nitrogens with zero attached hydrogens (tertiary/aromatic N) is 1. The van der Waals surface area contributed by atoms with E-state index in [0.29, 0.717) is 11.3 Å². The van der Waals surface area contributed by atoms with Gasteiger partial charge in [-0.1, -0.05) is 44.2 Å². The maximum atomic E-state index is 13.0. The molecule has 3 aromatic carbocycles. The topological polar surface area (TPSA) is 99.7 Å². The predicted octanol–water partition coefficient (Wildman–Crippen LogP) is 4.13. The second-order valence-electron chi connectivity index (χ2n) is 7.83. The first-order chi connectivity index (χ1) is 15.3. The molecule has 3 aromatic rings. The molecule has 1 aliphatic rings. The van der Waals surface area contributed by atoms with E-state index >= 15 is 0 Å². The summed E-state index contributed by atoms with van der Waals surface area (Å²) in [5.74, 6) is -0.254. The van der Waals surface area contributed by atoms with Crippen LogP contribution in [0, 0.1) is 5.92 Å². The number of sulfonamides is 1. The fourth-order valence-corrected chi connectivity index (χ4v) is 4.66. The van der Waals surface area contributed by atoms with Crippen LogP contribution in [0.1, 0.15) is 19.4 Å². The van der Waals surface area contributed by atoms with Crippen LogP contribution in [0.2, 0.25) is 0 Å². The summed E-state index contributed by atoms with van der Waals surface area (Å²) in [4.78, 5) is 17.6. The second-order valence-corrected chi connectivity index (χ2v) is 9.48. The molecule has 32 heavy (non-hydrogen) atoms. The summed E-state index contributed by atoms with van der Waals surface area (Å²) in [6.07, 6.45) is 0. The molecule has 7 nitrogen and oxygen atoms in total. The average Bonchev–Trinajstić information content (AvgIpc) is 3.04. The Kier molecular flexibility index (Phi) is 5.96. The lowest BCUT2D eigenvalue weighted by molar-refractivity contribution is -0.118. The molecule has 1 heterocycles. The van der Waals surface area contributed by atoms with E-state index in [1.54, 1.807) is 30.3 Å². The number of hydrogen-bond acceptors (Lipinski definition) is 5. The third-order valence-corrected chi connectivity index (χ3v) is 6.44. The van der Waals surface area contributed by atoms with Crippen molar-refractivity contribution in [2.75, 3.05) is 10.6 Å². The summed E-state index contributed by atoms with van der Waals surface area (Å²) in [7, 11) is -3.66. The van der Waals surface area contributed by atoms with Crippen LogP contribution in [-0.2, 0) is 14.8 Å². The van der Waals surface area contributed by atoms with Crippen molar-refractivity contribution in [2.45, 2.75) is 24.8 Å². The number of amides is 1. The van der Waals surface area contributed by atoms with Gasteiger partial charge in [-0.15, -0.1) is 0 Å². The van der Waals surface area contributed by atoms with E-state index in [4.69, 9.17) is 0 Å². The lowest BCUT2D eigenvalue weighted by Crippen LogP contribution is -2.34. The van der Waals surface area contributed by atoms with Crippen LogP contribution in [0.5, 0.6) is 0 Å². The summed E-state index contributed by atoms with van der Waals surface area (Å²) in [5.41, 5.74) is 2.97. The molecule has 0 radical (unpaired) electrons. The highest BCUT2D eigenvalue weighted by atomic mass is 32.2. The van der Waals surface area contributed by atoms with Crippen LogP contribution in [0.4, 0.5) is 17.1 Å². The molecule has 0 spiro atoms. The Morgan fingerprint density at radius 1 is 0.844 bits per heavy atom. The number of rotatable bonds is 6. The molecule has 1 amide bonds. The molecule has 4 rings (SSSR count). The van der Waals surface area contributed by atoms with Gasteiger partial charge in [0.2, 0.25) is 5.91 Å². The summed E-state index contributed by atoms with van der Waals surface area (Å²) in [6, 6.07) is 23.0. The van der Waals surface area contributed by atoms with Crippen molar-refractivity contribution < 1.29 is 13.2 Å². The van der Waals surface area contributed by atoms with Gasteiger partial charge in [-0.05, 0) is 54.4 Å². The quantitative estimate of drug-likeness (QED) is 0.528. The summed E-state index contributed by atoms with van der Waals surface area (Å²) in [5, 5.41) is 6.17. The number of benzene rings is 3. The molecular weight excluding hydrogens is 424 g/mol. The smallest absolute Gasteiger partial charge is 0.263 e. The molecule has 0 fully saturated rings. The summed E-state index contributed by atoms with van der Waals surface area (Å²) < 4.78 is 27.1. The number of nitrogens with one attached hydrogen (secondary N) is 3. The predicted molar refractivity (Wildman–Crippen MR) is 127 cm³/mol. The largest absolute Gasteiger partial charge is 0.356 e. The Hall–Kier alpha value is -3.65. The Morgan fingerprint density at radius 3 is 2.12 bits per heavy atom. The SMILES string of the molecule is CC(C)[C@H](N=C1NS(=O)(=O)c2ccccc21)C(=O)Nc1ccc(Nc2ccccc2)cc1. The molecule has 0 aliphatic carbocycles. The molecule has 0 bridgehead atoms. The summed E-state index contributed by atoms with van der Waals surface area (Å²) >= 11 is 0. The minimum atomic E-state index is -3.66. The minimum Gasteiger partial charge on any atom is -0.356 e. The first-order valence-electron chi connectivity index (χ1n) is 10.3. The monoisotopic (exact) mass is 448 g/mol. The highest BCUT2D eigenvalue weighted by Gasteiger charge is 2.32. The Balaban J connectivity index is 1.51. The van der Waals surface area contributed by atoms with Crippen molar-refractivity contribution >= 4 is 38.8 Å². The van der Waals surface area contributed by atoms with Gasteiger partial charge in [-0.25, -0.2) is 8.42 Å². The van der Waals surface area contributed by atoms with Gasteiger partial charge in [0, 0.05) is 22.6 Å². The first-order valence-corrected chi connectivity index (χ1v) is 11.7. The lowest BCUT2D eigenvalue weighted by atomic mass is 10.0. The van der Waals surface area contributed by atoms with Crippen LogP contribution in [-0.4, -0.2) is 26.2 Å². The van der Waals surface area contributed by atoms with Crippen molar-refractivity contribution in [3.05, 3.63) is 84.4 Å². The van der Waals surface area contributed by atoms with E-state index in [1.165, 1.54) is 6.07 Å². The van der Waals surface area contributed by atoms with E-state index in [9.17, 15) is 13.2 Å². The number of aliphatic imine (C=N–C) groups is 1. The molecule has 0 unspecified atom stereocenters. The van der Waals surface area contributed by atoms with Gasteiger partial charge in [0.05, 0.1) is 4.90 Å². The first kappa shape index (κ1) is 21.6. The number of carbonyl (C=O) groups is 1. The number of para-hydroxylation sites is 1. The Labute approximate surface area is 187 Å². The number of hydrogen-bond donors (Lipinski definition) is 3. The fourth-order valence-electron chi connectivity index (χ4n) is 3.42. The van der Waals surface area contributed by atoms with E-state index in [0.717, 1.165) is 11.4 Å². The van der Waals surface area contributed by atoms with E-state index < -0.39 is 16.1 Å². The van der Waals surface area contributed by atoms with Gasteiger partial charge >= 0.3 is 0 Å². The van der Waals surface area contributed by atoms with Crippen molar-refractivity contribution in [2.24, 2.45) is 10.9 Å². The van der Waals surface area contributed by atoms with Crippen molar-refractivity contribution in [1.29, 1.82) is 0 Å². The average molecular weight is 449 g/mol. The Bertz CT molecular complexity index is 1250. The number of fused-ring (bicyclic) bond motifs is 1. The molecule has 1 aliphatic heterocycles. The van der Waals surface area contributed by atoms with Crippen molar-refractivity contribution in [3.8, 4) is 0 Å². The second kappa shape index (κ2) is 8.84. The molecule has 0 aromatic heterocycles. The molecular formula is C24H24N4O3S. The molecule has 1 atom stereocenters. The molecule has 3 N–H and O–H groups in total. The zero-order chi connectivity index (χ0) is 22.7. The van der Waals surface area contributed by atoms with Crippen LogP contribution in [0.25, 0.3) is 0 Å². The highest BCUT2D eigenvalue weighted by Crippen LogP contribution is 2.24. The maximum absolute atomic E-state index is 13.0. The van der Waals surface area contributed by atoms with Crippen molar-refractivity contribution in [3.63, 3.8) is 0 Å². The normalized spacial score (nSPS) is 16.3. The standard InChI is InChI=1S/C24H24N4O3S/c1-16(2)22(27-23-20-10-6-7-11-21(20)32(30,31)28-23)24(29)26-19-14-12-18(13-15-19)25-17-8-4-3-5-9-17/h3-16,22,25H,1-2H3,(H,26,29)(H,27,28)/t22-/m0/s1. The van der Waals surface area contributed by atoms with Gasteiger partial charge in [0.1, 0.15) is 11.9 Å². The van der Waals surface area contributed by atoms with Gasteiger partial charge < -0.3 is 10.6 Å². The zero-order valence-corrected chi connectivity index (χ0v) is 18.6. The molecule has 0 saturated heterocycles. The van der Waals surface area contributed by atoms with Crippen LogP contribution >= 0.6 is 0 Å². The molecule has 0 saturated carbocycles. The van der Waals surface area contributed by atoms with Crippen LogP contribution < -0.4 is 15.4 Å². The van der Waals surface area contributed by atoms with Crippen LogP contribution in [0.15, 0.2) is 88.8 Å². The third kappa shape index (κ3) is 4.65. The van der Waals surface area contributed by atoms with Gasteiger partial charge in [-0.3, -0.25) is 14.5 Å². The van der Waals surface area contributed by atoms with Gasteiger partial charge in [0.15, 0.2) is 0 Å². The lowest BCUT2D eigenvalue weighted by Gasteiger charge is -2.17. The minimum absolute atomic E-state index is 0.140. The molecule has 8 heteroatoms. The van der Waals surface area contributed by atoms with Crippen molar-refractivity contribution in [1.82, 2.24) is 4.72 Å². The van der Waals surface area contributed by atoms with Gasteiger partial charge in [-0.2, -0.15) is 0 Å². The zero-order valence-electron chi connectivity index (χ0n) is 17.7. The summed E-state index contributed by atoms with van der Waals surface area (Å²) in [6.45, 7) is 3.74. The number of carbonyl (C=O) groups excluding carboxylic acids is 1. The number of amidine groups is 1. The maximum Gasteiger partial charge on any atom is 0.263 e. The Morgan fingerprint density at radius 2 is 1.44 bits per heavy atom. The van der Waals surface area contributed by atoms with E-state index in [-0.39, 0.29) is 22.6 Å². The van der Waals surface area contributed by atoms with E-state index in [2.05, 4.69) is 20.3 Å². The van der Waals surface area contributed by atoms with E-state index in [1.807, 2.05) is 56.3 Å². The number of anilines is 3. The third-order valence-electron chi connectivity index (χ3n) is 5.05. The van der Waals surface area contributed by atoms with Gasteiger partial charge in [0.25, 0.3) is 10.0 Å². The molecule has 164 valence electrons. The van der Waals surface area contributed by atoms with Crippen LogP contribution in [0.3, 0.4) is 0 Å². The fraction of sp³-hybridized carbons (Fsp3) is 0.167.